The van der Waals surface area contributed by atoms with Crippen LogP contribution < -0.4 is 5.32 Å². The van der Waals surface area contributed by atoms with E-state index in [4.69, 9.17) is 9.47 Å². The molecular formula is C14H25NO5. The molecular weight excluding hydrogens is 262 g/mol. The molecule has 1 aliphatic carbocycles. The Morgan fingerprint density at radius 1 is 1.30 bits per heavy atom. The number of hydrogen-bond donors (Lipinski definition) is 2. The van der Waals surface area contributed by atoms with Crippen molar-refractivity contribution in [1.82, 2.24) is 5.32 Å². The van der Waals surface area contributed by atoms with Gasteiger partial charge in [0.15, 0.2) is 6.29 Å². The number of amides is 1. The second-order valence-electron chi connectivity index (χ2n) is 5.08. The standard InChI is InChI=1S/C14H25NO5/c1-3-20-12(16)8-9-15-13(17)10-4-6-11(7-5-10)14(18)19-2/h10-11,14,18H,3-9H2,1-2H3,(H,15,17)/t10-,11-,14?. The van der Waals surface area contributed by atoms with Crippen LogP contribution in [0.5, 0.6) is 0 Å². The maximum atomic E-state index is 11.9. The van der Waals surface area contributed by atoms with Gasteiger partial charge in [-0.2, -0.15) is 0 Å². The molecule has 2 N–H and O–H groups in total. The quantitative estimate of drug-likeness (QED) is 0.535. The minimum Gasteiger partial charge on any atom is -0.466 e. The summed E-state index contributed by atoms with van der Waals surface area (Å²) in [6, 6.07) is 0. The van der Waals surface area contributed by atoms with E-state index in [9.17, 15) is 14.7 Å². The van der Waals surface area contributed by atoms with Gasteiger partial charge in [0.2, 0.25) is 5.91 Å². The topological polar surface area (TPSA) is 84.9 Å². The van der Waals surface area contributed by atoms with Gasteiger partial charge in [0.1, 0.15) is 0 Å². The predicted molar refractivity (Wildman–Crippen MR) is 72.7 cm³/mol. The van der Waals surface area contributed by atoms with Crippen LogP contribution in [0.3, 0.4) is 0 Å². The largest absolute Gasteiger partial charge is 0.466 e. The SMILES string of the molecule is CCOC(=O)CCNC(=O)[C@H]1CC[C@H](C(O)OC)CC1. The summed E-state index contributed by atoms with van der Waals surface area (Å²) in [7, 11) is 1.48. The Morgan fingerprint density at radius 3 is 2.50 bits per heavy atom. The lowest BCUT2D eigenvalue weighted by Gasteiger charge is -2.29. The Morgan fingerprint density at radius 2 is 1.95 bits per heavy atom. The fourth-order valence-electron chi connectivity index (χ4n) is 2.52. The molecule has 0 aromatic rings. The third-order valence-corrected chi connectivity index (χ3v) is 3.72. The van der Waals surface area contributed by atoms with Crippen molar-refractivity contribution < 1.29 is 24.2 Å². The number of methoxy groups -OCH3 is 1. The third-order valence-electron chi connectivity index (χ3n) is 3.72. The fourth-order valence-corrected chi connectivity index (χ4v) is 2.52. The molecule has 0 spiro atoms. The van der Waals surface area contributed by atoms with E-state index in [-0.39, 0.29) is 30.1 Å². The van der Waals surface area contributed by atoms with Crippen LogP contribution in [0.25, 0.3) is 0 Å². The molecule has 0 aromatic carbocycles. The number of hydrogen-bond acceptors (Lipinski definition) is 5. The van der Waals surface area contributed by atoms with Crippen LogP contribution in [0.15, 0.2) is 0 Å². The first-order valence-electron chi connectivity index (χ1n) is 7.22. The minimum absolute atomic E-state index is 0.0142. The molecule has 1 fully saturated rings. The van der Waals surface area contributed by atoms with Crippen molar-refractivity contribution in [3.63, 3.8) is 0 Å². The van der Waals surface area contributed by atoms with Gasteiger partial charge in [-0.1, -0.05) is 0 Å². The summed E-state index contributed by atoms with van der Waals surface area (Å²) in [6.45, 7) is 2.43. The lowest BCUT2D eigenvalue weighted by Crippen LogP contribution is -2.36. The Bertz CT molecular complexity index is 313. The molecule has 6 heteroatoms. The Labute approximate surface area is 119 Å². The fraction of sp³-hybridized carbons (Fsp3) is 0.857. The lowest BCUT2D eigenvalue weighted by atomic mass is 9.81. The molecule has 0 aliphatic heterocycles. The maximum absolute atomic E-state index is 11.9. The highest BCUT2D eigenvalue weighted by atomic mass is 16.6. The molecule has 1 atom stereocenters. The first-order chi connectivity index (χ1) is 9.58. The van der Waals surface area contributed by atoms with Gasteiger partial charge in [-0.05, 0) is 32.6 Å². The normalized spacial score (nSPS) is 23.9. The number of rotatable bonds is 7. The molecule has 1 rings (SSSR count). The smallest absolute Gasteiger partial charge is 0.307 e. The molecule has 6 nitrogen and oxygen atoms in total. The van der Waals surface area contributed by atoms with Crippen LogP contribution in [-0.2, 0) is 19.1 Å². The average Bonchev–Trinajstić information content (AvgIpc) is 2.46. The van der Waals surface area contributed by atoms with Crippen molar-refractivity contribution in [1.29, 1.82) is 0 Å². The van der Waals surface area contributed by atoms with Crippen molar-refractivity contribution in [3.05, 3.63) is 0 Å². The molecule has 0 bridgehead atoms. The number of carbonyl (C=O) groups excluding carboxylic acids is 2. The van der Waals surface area contributed by atoms with Gasteiger partial charge in [-0.25, -0.2) is 0 Å². The summed E-state index contributed by atoms with van der Waals surface area (Å²) in [5, 5.41) is 12.4. The van der Waals surface area contributed by atoms with Crippen molar-refractivity contribution in [2.75, 3.05) is 20.3 Å². The van der Waals surface area contributed by atoms with E-state index in [1.54, 1.807) is 6.92 Å². The summed E-state index contributed by atoms with van der Waals surface area (Å²) < 4.78 is 9.69. The highest BCUT2D eigenvalue weighted by Gasteiger charge is 2.29. The van der Waals surface area contributed by atoms with Crippen LogP contribution in [0.4, 0.5) is 0 Å². The van der Waals surface area contributed by atoms with Gasteiger partial charge in [0.25, 0.3) is 0 Å². The Kier molecular flexibility index (Phi) is 7.54. The van der Waals surface area contributed by atoms with Gasteiger partial charge < -0.3 is 19.9 Å². The Hall–Kier alpha value is -1.14. The number of nitrogens with one attached hydrogen (secondary N) is 1. The van der Waals surface area contributed by atoms with Crippen LogP contribution >= 0.6 is 0 Å². The van der Waals surface area contributed by atoms with Gasteiger partial charge in [0.05, 0.1) is 13.0 Å². The number of aliphatic hydroxyl groups is 1. The van der Waals surface area contributed by atoms with Crippen LogP contribution in [0.2, 0.25) is 0 Å². The van der Waals surface area contributed by atoms with Gasteiger partial charge in [-0.15, -0.1) is 0 Å². The van der Waals surface area contributed by atoms with Crippen molar-refractivity contribution in [3.8, 4) is 0 Å². The number of aliphatic hydroxyl groups excluding tert-OH is 1. The van der Waals surface area contributed by atoms with E-state index in [1.807, 2.05) is 0 Å². The summed E-state index contributed by atoms with van der Waals surface area (Å²) in [4.78, 5) is 23.1. The van der Waals surface area contributed by atoms with Crippen LogP contribution in [0, 0.1) is 11.8 Å². The molecule has 1 saturated carbocycles. The summed E-state index contributed by atoms with van der Waals surface area (Å²) in [5.74, 6) is -0.222. The molecule has 0 aromatic heterocycles. The van der Waals surface area contributed by atoms with E-state index in [0.29, 0.717) is 13.2 Å². The highest BCUT2D eigenvalue weighted by Crippen LogP contribution is 2.31. The van der Waals surface area contributed by atoms with E-state index >= 15 is 0 Å². The van der Waals surface area contributed by atoms with E-state index in [0.717, 1.165) is 25.7 Å². The van der Waals surface area contributed by atoms with Gasteiger partial charge in [0, 0.05) is 25.5 Å². The predicted octanol–water partition coefficient (Wildman–Crippen LogP) is 0.827. The highest BCUT2D eigenvalue weighted by molar-refractivity contribution is 5.79. The number of ether oxygens (including phenoxy) is 2. The van der Waals surface area contributed by atoms with Crippen LogP contribution in [-0.4, -0.2) is 43.5 Å². The van der Waals surface area contributed by atoms with Crippen molar-refractivity contribution in [2.24, 2.45) is 11.8 Å². The molecule has 0 heterocycles. The molecule has 1 amide bonds. The second kappa shape index (κ2) is 8.92. The number of carbonyl (C=O) groups is 2. The van der Waals surface area contributed by atoms with E-state index in [1.165, 1.54) is 7.11 Å². The first kappa shape index (κ1) is 16.9. The molecule has 1 unspecified atom stereocenters. The Balaban J connectivity index is 2.21. The summed E-state index contributed by atoms with van der Waals surface area (Å²) in [5.41, 5.74) is 0. The molecule has 116 valence electrons. The molecule has 0 radical (unpaired) electrons. The maximum Gasteiger partial charge on any atom is 0.307 e. The molecule has 0 saturated heterocycles. The van der Waals surface area contributed by atoms with Gasteiger partial charge >= 0.3 is 5.97 Å². The van der Waals surface area contributed by atoms with E-state index in [2.05, 4.69) is 5.32 Å². The molecule has 1 aliphatic rings. The molecule has 20 heavy (non-hydrogen) atoms. The first-order valence-corrected chi connectivity index (χ1v) is 7.22. The van der Waals surface area contributed by atoms with Gasteiger partial charge in [-0.3, -0.25) is 9.59 Å². The van der Waals surface area contributed by atoms with Crippen molar-refractivity contribution >= 4 is 11.9 Å². The zero-order chi connectivity index (χ0) is 15.0. The second-order valence-corrected chi connectivity index (χ2v) is 5.08. The monoisotopic (exact) mass is 287 g/mol. The minimum atomic E-state index is -0.733. The zero-order valence-electron chi connectivity index (χ0n) is 12.3. The summed E-state index contributed by atoms with van der Waals surface area (Å²) >= 11 is 0. The van der Waals surface area contributed by atoms with Crippen molar-refractivity contribution in [2.45, 2.75) is 45.3 Å². The summed E-state index contributed by atoms with van der Waals surface area (Å²) in [6.07, 6.45) is 2.53. The third kappa shape index (κ3) is 5.46. The number of esters is 1. The zero-order valence-corrected chi connectivity index (χ0v) is 12.3. The average molecular weight is 287 g/mol. The van der Waals surface area contributed by atoms with Crippen LogP contribution in [0.1, 0.15) is 39.0 Å². The van der Waals surface area contributed by atoms with E-state index < -0.39 is 6.29 Å². The lowest BCUT2D eigenvalue weighted by molar-refractivity contribution is -0.143.